The highest BCUT2D eigenvalue weighted by Crippen LogP contribution is 2.35. The van der Waals surface area contributed by atoms with Crippen LogP contribution in [0, 0.1) is 10.1 Å². The van der Waals surface area contributed by atoms with Crippen LogP contribution in [0.1, 0.15) is 12.0 Å². The van der Waals surface area contributed by atoms with Gasteiger partial charge < -0.3 is 16.0 Å². The molecule has 100 valence electrons. The Morgan fingerprint density at radius 1 is 1.42 bits per heavy atom. The first kappa shape index (κ1) is 11.9. The van der Waals surface area contributed by atoms with Crippen LogP contribution in [0.4, 0.5) is 17.1 Å². The van der Waals surface area contributed by atoms with Crippen molar-refractivity contribution in [3.8, 4) is 0 Å². The highest BCUT2D eigenvalue weighted by Gasteiger charge is 2.26. The zero-order valence-corrected chi connectivity index (χ0v) is 10.2. The van der Waals surface area contributed by atoms with E-state index in [1.807, 2.05) is 0 Å². The van der Waals surface area contributed by atoms with E-state index in [4.69, 9.17) is 0 Å². The van der Waals surface area contributed by atoms with E-state index in [9.17, 15) is 14.9 Å². The Labute approximate surface area is 109 Å². The van der Waals surface area contributed by atoms with Crippen LogP contribution in [0.2, 0.25) is 0 Å². The van der Waals surface area contributed by atoms with Gasteiger partial charge in [0.25, 0.3) is 5.69 Å². The third-order valence-corrected chi connectivity index (χ3v) is 3.46. The molecule has 19 heavy (non-hydrogen) atoms. The Morgan fingerprint density at radius 3 is 2.95 bits per heavy atom. The number of fused-ring (bicyclic) bond motifs is 1. The van der Waals surface area contributed by atoms with Crippen molar-refractivity contribution in [2.45, 2.75) is 18.9 Å². The SMILES string of the molecule is O=C1Cc2cc([N+](=O)[O-])c(NC3CCNC3)cc2N1. The largest absolute Gasteiger partial charge is 0.375 e. The van der Waals surface area contributed by atoms with Gasteiger partial charge in [-0.3, -0.25) is 14.9 Å². The third kappa shape index (κ3) is 2.24. The third-order valence-electron chi connectivity index (χ3n) is 3.46. The second-order valence-corrected chi connectivity index (χ2v) is 4.84. The van der Waals surface area contributed by atoms with Crippen LogP contribution >= 0.6 is 0 Å². The monoisotopic (exact) mass is 262 g/mol. The minimum Gasteiger partial charge on any atom is -0.375 e. The Balaban J connectivity index is 1.94. The van der Waals surface area contributed by atoms with Crippen molar-refractivity contribution < 1.29 is 9.72 Å². The summed E-state index contributed by atoms with van der Waals surface area (Å²) in [5.74, 6) is -0.121. The standard InChI is InChI=1S/C12H14N4O3/c17-12-4-7-3-11(16(18)19)10(5-9(7)15-12)14-8-1-2-13-6-8/h3,5,8,13-14H,1-2,4,6H2,(H,15,17). The molecule has 0 aromatic heterocycles. The van der Waals surface area contributed by atoms with Crippen LogP contribution in [0.15, 0.2) is 12.1 Å². The maximum Gasteiger partial charge on any atom is 0.292 e. The van der Waals surface area contributed by atoms with E-state index in [0.29, 0.717) is 16.9 Å². The molecule has 7 heteroatoms. The van der Waals surface area contributed by atoms with Crippen molar-refractivity contribution in [3.63, 3.8) is 0 Å². The Morgan fingerprint density at radius 2 is 2.26 bits per heavy atom. The molecule has 2 aliphatic rings. The zero-order valence-electron chi connectivity index (χ0n) is 10.2. The van der Waals surface area contributed by atoms with Gasteiger partial charge in [0.15, 0.2) is 0 Å². The molecule has 2 heterocycles. The highest BCUT2D eigenvalue weighted by molar-refractivity contribution is 6.00. The Hall–Kier alpha value is -2.15. The molecule has 0 radical (unpaired) electrons. The molecule has 1 unspecified atom stereocenters. The predicted octanol–water partition coefficient (Wildman–Crippen LogP) is 0.863. The number of amides is 1. The first-order chi connectivity index (χ1) is 9.13. The molecule has 3 rings (SSSR count). The molecule has 1 aromatic carbocycles. The lowest BCUT2D eigenvalue weighted by molar-refractivity contribution is -0.384. The van der Waals surface area contributed by atoms with Gasteiger partial charge >= 0.3 is 0 Å². The van der Waals surface area contributed by atoms with Gasteiger partial charge in [-0.2, -0.15) is 0 Å². The first-order valence-corrected chi connectivity index (χ1v) is 6.22. The minimum atomic E-state index is -0.409. The summed E-state index contributed by atoms with van der Waals surface area (Å²) < 4.78 is 0. The molecule has 0 aliphatic carbocycles. The first-order valence-electron chi connectivity index (χ1n) is 6.22. The summed E-state index contributed by atoms with van der Waals surface area (Å²) in [6, 6.07) is 3.34. The van der Waals surface area contributed by atoms with Crippen LogP contribution in [0.25, 0.3) is 0 Å². The van der Waals surface area contributed by atoms with Gasteiger partial charge in [-0.25, -0.2) is 0 Å². The van der Waals surface area contributed by atoms with Crippen molar-refractivity contribution in [1.82, 2.24) is 5.32 Å². The average Bonchev–Trinajstić information content (AvgIpc) is 2.95. The summed E-state index contributed by atoms with van der Waals surface area (Å²) in [6.07, 6.45) is 1.14. The van der Waals surface area contributed by atoms with Gasteiger partial charge in [0.2, 0.25) is 5.91 Å². The van der Waals surface area contributed by atoms with Gasteiger partial charge in [-0.1, -0.05) is 0 Å². The summed E-state index contributed by atoms with van der Waals surface area (Å²) in [5, 5.41) is 20.2. The second kappa shape index (κ2) is 4.51. The van der Waals surface area contributed by atoms with Crippen LogP contribution in [-0.4, -0.2) is 30.0 Å². The van der Waals surface area contributed by atoms with Gasteiger partial charge in [0.1, 0.15) is 5.69 Å². The lowest BCUT2D eigenvalue weighted by atomic mass is 10.1. The number of carbonyl (C=O) groups excluding carboxylic acids is 1. The van der Waals surface area contributed by atoms with E-state index >= 15 is 0 Å². The molecule has 7 nitrogen and oxygen atoms in total. The number of hydrogen-bond donors (Lipinski definition) is 3. The Kier molecular flexibility index (Phi) is 2.83. The van der Waals surface area contributed by atoms with Gasteiger partial charge in [0, 0.05) is 24.3 Å². The number of nitrogens with one attached hydrogen (secondary N) is 3. The summed E-state index contributed by atoms with van der Waals surface area (Å²) >= 11 is 0. The summed E-state index contributed by atoms with van der Waals surface area (Å²) in [4.78, 5) is 22.0. The molecule has 1 saturated heterocycles. The van der Waals surface area contributed by atoms with Gasteiger partial charge in [0.05, 0.1) is 11.3 Å². The summed E-state index contributed by atoms with van der Waals surface area (Å²) in [5.41, 5.74) is 1.86. The molecule has 0 bridgehead atoms. The lowest BCUT2D eigenvalue weighted by Crippen LogP contribution is -2.22. The van der Waals surface area contributed by atoms with E-state index in [2.05, 4.69) is 16.0 Å². The molecule has 3 N–H and O–H groups in total. The molecule has 1 atom stereocenters. The molecule has 1 fully saturated rings. The van der Waals surface area contributed by atoms with Crippen molar-refractivity contribution >= 4 is 23.0 Å². The van der Waals surface area contributed by atoms with E-state index in [-0.39, 0.29) is 24.1 Å². The number of nitro benzene ring substituents is 1. The lowest BCUT2D eigenvalue weighted by Gasteiger charge is -2.14. The molecule has 0 spiro atoms. The second-order valence-electron chi connectivity index (χ2n) is 4.84. The zero-order chi connectivity index (χ0) is 13.4. The smallest absolute Gasteiger partial charge is 0.292 e. The molecular formula is C12H14N4O3. The summed E-state index contributed by atoms with van der Waals surface area (Å²) in [7, 11) is 0. The molecule has 0 saturated carbocycles. The maximum atomic E-state index is 11.3. The van der Waals surface area contributed by atoms with Crippen LogP contribution in [0.5, 0.6) is 0 Å². The number of benzene rings is 1. The number of anilines is 2. The van der Waals surface area contributed by atoms with E-state index in [1.165, 1.54) is 6.07 Å². The number of hydrogen-bond acceptors (Lipinski definition) is 5. The average molecular weight is 262 g/mol. The molecule has 2 aliphatic heterocycles. The van der Waals surface area contributed by atoms with Crippen molar-refractivity contribution in [1.29, 1.82) is 0 Å². The van der Waals surface area contributed by atoms with E-state index in [1.54, 1.807) is 6.07 Å². The Bertz CT molecular complexity index is 552. The molecule has 1 aromatic rings. The number of nitrogens with zero attached hydrogens (tertiary/aromatic N) is 1. The van der Waals surface area contributed by atoms with Crippen molar-refractivity contribution in [2.75, 3.05) is 23.7 Å². The highest BCUT2D eigenvalue weighted by atomic mass is 16.6. The number of rotatable bonds is 3. The fourth-order valence-corrected chi connectivity index (χ4v) is 2.53. The fourth-order valence-electron chi connectivity index (χ4n) is 2.53. The molecular weight excluding hydrogens is 248 g/mol. The number of nitro groups is 1. The van der Waals surface area contributed by atoms with Gasteiger partial charge in [-0.15, -0.1) is 0 Å². The van der Waals surface area contributed by atoms with Crippen molar-refractivity contribution in [2.24, 2.45) is 0 Å². The molecule has 1 amide bonds. The van der Waals surface area contributed by atoms with Crippen molar-refractivity contribution in [3.05, 3.63) is 27.8 Å². The maximum absolute atomic E-state index is 11.3. The van der Waals surface area contributed by atoms with Crippen LogP contribution < -0.4 is 16.0 Å². The van der Waals surface area contributed by atoms with Crippen LogP contribution in [-0.2, 0) is 11.2 Å². The topological polar surface area (TPSA) is 96.3 Å². The van der Waals surface area contributed by atoms with Crippen LogP contribution in [0.3, 0.4) is 0 Å². The van der Waals surface area contributed by atoms with E-state index < -0.39 is 4.92 Å². The summed E-state index contributed by atoms with van der Waals surface area (Å²) in [6.45, 7) is 1.70. The normalized spacial score (nSPS) is 21.1. The quantitative estimate of drug-likeness (QED) is 0.554. The predicted molar refractivity (Wildman–Crippen MR) is 70.3 cm³/mol. The fraction of sp³-hybridized carbons (Fsp3) is 0.417. The number of carbonyl (C=O) groups is 1. The minimum absolute atomic E-state index is 0.0298. The van der Waals surface area contributed by atoms with E-state index in [0.717, 1.165) is 19.5 Å². The van der Waals surface area contributed by atoms with Gasteiger partial charge in [-0.05, 0) is 24.6 Å².